The predicted octanol–water partition coefficient (Wildman–Crippen LogP) is 2.74. The van der Waals surface area contributed by atoms with Crippen molar-refractivity contribution < 1.29 is 14.7 Å². The van der Waals surface area contributed by atoms with Gasteiger partial charge in [0, 0.05) is 12.8 Å². The summed E-state index contributed by atoms with van der Waals surface area (Å²) in [4.78, 5) is 22.6. The molecule has 0 fully saturated rings. The lowest BCUT2D eigenvalue weighted by Gasteiger charge is -2.02. The molecule has 0 spiro atoms. The van der Waals surface area contributed by atoms with Gasteiger partial charge in [0.1, 0.15) is 5.78 Å². The molecule has 0 aliphatic heterocycles. The maximum atomic E-state index is 11.9. The molecule has 0 unspecified atom stereocenters. The van der Waals surface area contributed by atoms with Crippen molar-refractivity contribution in [1.29, 1.82) is 0 Å². The van der Waals surface area contributed by atoms with Gasteiger partial charge in [0.25, 0.3) is 0 Å². The van der Waals surface area contributed by atoms with E-state index < -0.39 is 5.97 Å². The highest BCUT2D eigenvalue weighted by Gasteiger charge is 2.06. The van der Waals surface area contributed by atoms with Crippen LogP contribution < -0.4 is 0 Å². The summed E-state index contributed by atoms with van der Waals surface area (Å²) in [6.07, 6.45) is 0.732. The Balaban J connectivity index is 1.97. The zero-order chi connectivity index (χ0) is 13.7. The lowest BCUT2D eigenvalue weighted by Crippen LogP contribution is -2.06. The maximum Gasteiger partial charge on any atom is 0.335 e. The Labute approximate surface area is 111 Å². The van der Waals surface area contributed by atoms with Crippen LogP contribution in [0.2, 0.25) is 0 Å². The van der Waals surface area contributed by atoms with E-state index in [1.165, 1.54) is 12.1 Å². The maximum absolute atomic E-state index is 11.9. The van der Waals surface area contributed by atoms with Crippen LogP contribution in [0.5, 0.6) is 0 Å². The molecule has 2 aromatic rings. The van der Waals surface area contributed by atoms with Crippen LogP contribution in [-0.2, 0) is 17.6 Å². The molecule has 0 saturated heterocycles. The first kappa shape index (κ1) is 13.0. The van der Waals surface area contributed by atoms with Crippen molar-refractivity contribution in [2.45, 2.75) is 12.8 Å². The topological polar surface area (TPSA) is 54.4 Å². The third kappa shape index (κ3) is 3.78. The summed E-state index contributed by atoms with van der Waals surface area (Å²) in [7, 11) is 0. The zero-order valence-corrected chi connectivity index (χ0v) is 10.4. The van der Waals surface area contributed by atoms with Crippen LogP contribution in [0.25, 0.3) is 0 Å². The van der Waals surface area contributed by atoms with Crippen LogP contribution in [0.15, 0.2) is 54.6 Å². The fourth-order valence-corrected chi connectivity index (χ4v) is 1.88. The Kier molecular flexibility index (Phi) is 4.08. The van der Waals surface area contributed by atoms with E-state index in [4.69, 9.17) is 5.11 Å². The fraction of sp³-hybridized carbons (Fsp3) is 0.125. The number of rotatable bonds is 5. The Morgan fingerprint density at radius 3 is 1.84 bits per heavy atom. The highest BCUT2D eigenvalue weighted by Crippen LogP contribution is 2.08. The van der Waals surface area contributed by atoms with Crippen molar-refractivity contribution in [2.24, 2.45) is 0 Å². The van der Waals surface area contributed by atoms with Gasteiger partial charge in [-0.2, -0.15) is 0 Å². The number of Topliss-reactive ketones (excluding diaryl/α,β-unsaturated/α-hetero) is 1. The molecule has 2 aromatic carbocycles. The van der Waals surface area contributed by atoms with Crippen LogP contribution in [0, 0.1) is 0 Å². The number of carboxylic acids is 1. The lowest BCUT2D eigenvalue weighted by atomic mass is 10.0. The van der Waals surface area contributed by atoms with E-state index in [2.05, 4.69) is 0 Å². The molecule has 3 nitrogen and oxygen atoms in total. The largest absolute Gasteiger partial charge is 0.478 e. The number of benzene rings is 2. The highest BCUT2D eigenvalue weighted by molar-refractivity contribution is 5.88. The molecule has 0 atom stereocenters. The summed E-state index contributed by atoms with van der Waals surface area (Å²) in [5, 5.41) is 8.79. The Hall–Kier alpha value is -2.42. The van der Waals surface area contributed by atoms with Gasteiger partial charge >= 0.3 is 5.97 Å². The quantitative estimate of drug-likeness (QED) is 0.892. The van der Waals surface area contributed by atoms with Gasteiger partial charge in [-0.15, -0.1) is 0 Å². The molecule has 0 radical (unpaired) electrons. The van der Waals surface area contributed by atoms with Crippen LogP contribution in [0.4, 0.5) is 0 Å². The number of ketones is 1. The molecular formula is C16H14O3. The minimum absolute atomic E-state index is 0.120. The first-order valence-electron chi connectivity index (χ1n) is 6.03. The molecule has 0 aliphatic rings. The van der Waals surface area contributed by atoms with Gasteiger partial charge in [-0.1, -0.05) is 42.5 Å². The first-order chi connectivity index (χ1) is 9.15. The molecule has 0 heterocycles. The summed E-state index contributed by atoms with van der Waals surface area (Å²) in [5.74, 6) is -0.837. The lowest BCUT2D eigenvalue weighted by molar-refractivity contribution is -0.117. The Bertz CT molecular complexity index is 571. The second-order valence-electron chi connectivity index (χ2n) is 4.38. The summed E-state index contributed by atoms with van der Waals surface area (Å²) in [6, 6.07) is 16.0. The van der Waals surface area contributed by atoms with Gasteiger partial charge in [-0.25, -0.2) is 4.79 Å². The van der Waals surface area contributed by atoms with E-state index >= 15 is 0 Å². The third-order valence-electron chi connectivity index (χ3n) is 2.85. The molecule has 1 N–H and O–H groups in total. The average Bonchev–Trinajstić information content (AvgIpc) is 2.40. The van der Waals surface area contributed by atoms with E-state index in [9.17, 15) is 9.59 Å². The molecule has 0 aromatic heterocycles. The van der Waals surface area contributed by atoms with E-state index in [0.29, 0.717) is 12.8 Å². The van der Waals surface area contributed by atoms with E-state index in [0.717, 1.165) is 11.1 Å². The van der Waals surface area contributed by atoms with Gasteiger partial charge in [-0.3, -0.25) is 4.79 Å². The molecule has 19 heavy (non-hydrogen) atoms. The Morgan fingerprint density at radius 1 is 0.789 bits per heavy atom. The molecule has 3 heteroatoms. The van der Waals surface area contributed by atoms with Crippen molar-refractivity contribution in [1.82, 2.24) is 0 Å². The molecule has 0 bridgehead atoms. The number of carbonyl (C=O) groups excluding carboxylic acids is 1. The second kappa shape index (κ2) is 5.96. The predicted molar refractivity (Wildman–Crippen MR) is 72.3 cm³/mol. The van der Waals surface area contributed by atoms with Gasteiger partial charge < -0.3 is 5.11 Å². The Morgan fingerprint density at radius 2 is 1.32 bits per heavy atom. The highest BCUT2D eigenvalue weighted by atomic mass is 16.4. The molecule has 0 amide bonds. The first-order valence-corrected chi connectivity index (χ1v) is 6.03. The van der Waals surface area contributed by atoms with Crippen molar-refractivity contribution >= 4 is 11.8 Å². The van der Waals surface area contributed by atoms with Gasteiger partial charge in [0.2, 0.25) is 0 Å². The number of carbonyl (C=O) groups is 2. The molecular weight excluding hydrogens is 240 g/mol. The molecule has 0 aliphatic carbocycles. The summed E-state index contributed by atoms with van der Waals surface area (Å²) in [6.45, 7) is 0. The average molecular weight is 254 g/mol. The number of hydrogen-bond acceptors (Lipinski definition) is 2. The summed E-state index contributed by atoms with van der Waals surface area (Å²) >= 11 is 0. The van der Waals surface area contributed by atoms with Gasteiger partial charge in [0.05, 0.1) is 5.56 Å². The van der Waals surface area contributed by atoms with Gasteiger partial charge in [0.15, 0.2) is 0 Å². The van der Waals surface area contributed by atoms with Crippen LogP contribution in [0.1, 0.15) is 21.5 Å². The van der Waals surface area contributed by atoms with E-state index in [-0.39, 0.29) is 11.3 Å². The van der Waals surface area contributed by atoms with Crippen molar-refractivity contribution in [3.05, 3.63) is 71.3 Å². The smallest absolute Gasteiger partial charge is 0.335 e. The van der Waals surface area contributed by atoms with Gasteiger partial charge in [-0.05, 0) is 23.3 Å². The second-order valence-corrected chi connectivity index (χ2v) is 4.38. The number of hydrogen-bond donors (Lipinski definition) is 1. The fourth-order valence-electron chi connectivity index (χ4n) is 1.88. The molecule has 0 saturated carbocycles. The summed E-state index contributed by atoms with van der Waals surface area (Å²) in [5.41, 5.74) is 2.07. The number of carboxylic acid groups (broad SMARTS) is 1. The monoisotopic (exact) mass is 254 g/mol. The van der Waals surface area contributed by atoms with E-state index in [1.807, 2.05) is 30.3 Å². The van der Waals surface area contributed by atoms with Crippen LogP contribution in [0.3, 0.4) is 0 Å². The standard InChI is InChI=1S/C16H14O3/c17-15(10-12-4-2-1-3-5-12)11-13-6-8-14(9-7-13)16(18)19/h1-9H,10-11H2,(H,18,19). The van der Waals surface area contributed by atoms with Crippen molar-refractivity contribution in [3.8, 4) is 0 Å². The van der Waals surface area contributed by atoms with E-state index in [1.54, 1.807) is 12.1 Å². The number of aromatic carboxylic acids is 1. The molecule has 2 rings (SSSR count). The van der Waals surface area contributed by atoms with Crippen molar-refractivity contribution in [3.63, 3.8) is 0 Å². The third-order valence-corrected chi connectivity index (χ3v) is 2.85. The van der Waals surface area contributed by atoms with Crippen molar-refractivity contribution in [2.75, 3.05) is 0 Å². The summed E-state index contributed by atoms with van der Waals surface area (Å²) < 4.78 is 0. The minimum atomic E-state index is -0.956. The van der Waals surface area contributed by atoms with Crippen LogP contribution in [-0.4, -0.2) is 16.9 Å². The zero-order valence-electron chi connectivity index (χ0n) is 10.4. The SMILES string of the molecule is O=C(Cc1ccccc1)Cc1ccc(C(=O)O)cc1. The normalized spacial score (nSPS) is 10.1. The minimum Gasteiger partial charge on any atom is -0.478 e. The molecule has 96 valence electrons. The van der Waals surface area contributed by atoms with Crippen LogP contribution >= 0.6 is 0 Å².